The van der Waals surface area contributed by atoms with Crippen molar-refractivity contribution >= 4 is 17.8 Å². The van der Waals surface area contributed by atoms with Crippen molar-refractivity contribution in [2.75, 3.05) is 6.61 Å². The number of alkyl carbamates (subject to hydrolysis) is 1. The molecule has 6 nitrogen and oxygen atoms in total. The van der Waals surface area contributed by atoms with Gasteiger partial charge >= 0.3 is 12.1 Å². The molecule has 1 N–H and O–H groups in total. The summed E-state index contributed by atoms with van der Waals surface area (Å²) in [7, 11) is 0. The van der Waals surface area contributed by atoms with Crippen LogP contribution in [-0.2, 0) is 19.1 Å². The van der Waals surface area contributed by atoms with Gasteiger partial charge in [0.1, 0.15) is 17.8 Å². The third-order valence-corrected chi connectivity index (χ3v) is 1.94. The summed E-state index contributed by atoms with van der Waals surface area (Å²) in [6.45, 7) is 8.86. The summed E-state index contributed by atoms with van der Waals surface area (Å²) >= 11 is 0. The van der Waals surface area contributed by atoms with Gasteiger partial charge in [-0.1, -0.05) is 0 Å². The van der Waals surface area contributed by atoms with Gasteiger partial charge in [-0.15, -0.1) is 0 Å². The van der Waals surface area contributed by atoms with Crippen LogP contribution in [0.5, 0.6) is 0 Å². The lowest BCUT2D eigenvalue weighted by Gasteiger charge is -2.21. The number of ether oxygens (including phenoxy) is 2. The van der Waals surface area contributed by atoms with Gasteiger partial charge < -0.3 is 14.8 Å². The predicted octanol–water partition coefficient (Wildman–Crippen LogP) is 1.81. The van der Waals surface area contributed by atoms with Crippen LogP contribution >= 0.6 is 0 Å². The van der Waals surface area contributed by atoms with Gasteiger partial charge in [0.2, 0.25) is 0 Å². The fraction of sp³-hybridized carbons (Fsp3) is 0.769. The van der Waals surface area contributed by atoms with Crippen molar-refractivity contribution in [2.24, 2.45) is 0 Å². The third kappa shape index (κ3) is 10.1. The van der Waals surface area contributed by atoms with Crippen molar-refractivity contribution in [3.63, 3.8) is 0 Å². The highest BCUT2D eigenvalue weighted by atomic mass is 16.6. The number of Topliss-reactive ketones (excluding diaryl/α,β-unsaturated/α-hetero) is 1. The maximum atomic E-state index is 11.5. The van der Waals surface area contributed by atoms with E-state index < -0.39 is 23.7 Å². The zero-order chi connectivity index (χ0) is 15.1. The van der Waals surface area contributed by atoms with Crippen molar-refractivity contribution in [1.82, 2.24) is 5.32 Å². The molecule has 110 valence electrons. The molecule has 0 saturated heterocycles. The first-order chi connectivity index (χ1) is 8.64. The number of hydrogen-bond donors (Lipinski definition) is 1. The fourth-order valence-corrected chi connectivity index (χ4v) is 1.35. The van der Waals surface area contributed by atoms with Gasteiger partial charge in [0.05, 0.1) is 6.61 Å². The molecule has 0 saturated carbocycles. The number of rotatable bonds is 6. The maximum absolute atomic E-state index is 11.5. The van der Waals surface area contributed by atoms with Gasteiger partial charge in [-0.05, 0) is 34.6 Å². The summed E-state index contributed by atoms with van der Waals surface area (Å²) in [6.07, 6.45) is -0.782. The molecule has 0 aromatic rings. The van der Waals surface area contributed by atoms with Gasteiger partial charge in [-0.3, -0.25) is 9.59 Å². The van der Waals surface area contributed by atoms with Crippen molar-refractivity contribution in [2.45, 2.75) is 59.1 Å². The number of ketones is 1. The largest absolute Gasteiger partial charge is 0.466 e. The minimum atomic E-state index is -0.585. The van der Waals surface area contributed by atoms with E-state index in [0.717, 1.165) is 0 Å². The average molecular weight is 273 g/mol. The van der Waals surface area contributed by atoms with E-state index in [1.165, 1.54) is 0 Å². The van der Waals surface area contributed by atoms with Gasteiger partial charge in [-0.25, -0.2) is 4.79 Å². The van der Waals surface area contributed by atoms with E-state index in [-0.39, 0.29) is 25.2 Å². The first-order valence-electron chi connectivity index (χ1n) is 6.31. The number of carbonyl (C=O) groups is 3. The normalized spacial score (nSPS) is 12.5. The fourth-order valence-electron chi connectivity index (χ4n) is 1.35. The molecule has 1 atom stereocenters. The Morgan fingerprint density at radius 3 is 2.26 bits per heavy atom. The van der Waals surface area contributed by atoms with Crippen LogP contribution in [-0.4, -0.2) is 36.1 Å². The molecule has 0 rings (SSSR count). The van der Waals surface area contributed by atoms with E-state index in [2.05, 4.69) is 10.1 Å². The van der Waals surface area contributed by atoms with E-state index in [0.29, 0.717) is 0 Å². The van der Waals surface area contributed by atoms with Gasteiger partial charge in [0.15, 0.2) is 0 Å². The summed E-state index contributed by atoms with van der Waals surface area (Å²) in [4.78, 5) is 34.0. The molecule has 0 unspecified atom stereocenters. The SMILES string of the molecule is CCOC(=O)CC(=O)C[C@H](C)NC(=O)OC(C)(C)C. The highest BCUT2D eigenvalue weighted by Crippen LogP contribution is 2.07. The minimum absolute atomic E-state index is 0.0675. The van der Waals surface area contributed by atoms with Gasteiger partial charge in [0, 0.05) is 12.5 Å². The Bertz CT molecular complexity index is 332. The molecule has 0 aromatic heterocycles. The second-order valence-corrected chi connectivity index (χ2v) is 5.27. The third-order valence-electron chi connectivity index (χ3n) is 1.94. The Balaban J connectivity index is 4.03. The van der Waals surface area contributed by atoms with E-state index >= 15 is 0 Å². The Labute approximate surface area is 113 Å². The molecular formula is C13H23NO5. The monoisotopic (exact) mass is 273 g/mol. The lowest BCUT2D eigenvalue weighted by molar-refractivity contribution is -0.145. The van der Waals surface area contributed by atoms with Gasteiger partial charge in [0.25, 0.3) is 0 Å². The lowest BCUT2D eigenvalue weighted by atomic mass is 10.1. The van der Waals surface area contributed by atoms with E-state index in [1.54, 1.807) is 34.6 Å². The minimum Gasteiger partial charge on any atom is -0.466 e. The van der Waals surface area contributed by atoms with Crippen molar-refractivity contribution in [1.29, 1.82) is 0 Å². The molecule has 0 aliphatic carbocycles. The Morgan fingerprint density at radius 1 is 1.21 bits per heavy atom. The molecule has 0 aromatic carbocycles. The van der Waals surface area contributed by atoms with Crippen LogP contribution in [0.25, 0.3) is 0 Å². The molecule has 0 aliphatic heterocycles. The molecule has 0 aliphatic rings. The number of esters is 1. The number of hydrogen-bond acceptors (Lipinski definition) is 5. The van der Waals surface area contributed by atoms with Crippen LogP contribution in [0.15, 0.2) is 0 Å². The summed E-state index contributed by atoms with van der Waals surface area (Å²) in [6, 6.07) is -0.392. The Kier molecular flexibility index (Phi) is 7.11. The molecular weight excluding hydrogens is 250 g/mol. The lowest BCUT2D eigenvalue weighted by Crippen LogP contribution is -2.38. The van der Waals surface area contributed by atoms with Crippen molar-refractivity contribution < 1.29 is 23.9 Å². The molecule has 19 heavy (non-hydrogen) atoms. The summed E-state index contributed by atoms with van der Waals surface area (Å²) < 4.78 is 9.73. The highest BCUT2D eigenvalue weighted by molar-refractivity contribution is 5.95. The quantitative estimate of drug-likeness (QED) is 0.589. The zero-order valence-electron chi connectivity index (χ0n) is 12.2. The first kappa shape index (κ1) is 17.4. The summed E-state index contributed by atoms with van der Waals surface area (Å²) in [5, 5.41) is 2.54. The number of carbonyl (C=O) groups excluding carboxylic acids is 3. The average Bonchev–Trinajstić information content (AvgIpc) is 2.12. The topological polar surface area (TPSA) is 81.7 Å². The zero-order valence-corrected chi connectivity index (χ0v) is 12.2. The highest BCUT2D eigenvalue weighted by Gasteiger charge is 2.19. The summed E-state index contributed by atoms with van der Waals surface area (Å²) in [5.41, 5.74) is -0.585. The van der Waals surface area contributed by atoms with E-state index in [1.807, 2.05) is 0 Å². The van der Waals surface area contributed by atoms with Crippen LogP contribution in [0.2, 0.25) is 0 Å². The maximum Gasteiger partial charge on any atom is 0.407 e. The molecule has 6 heteroatoms. The standard InChI is InChI=1S/C13H23NO5/c1-6-18-11(16)8-10(15)7-9(2)14-12(17)19-13(3,4)5/h9H,6-8H2,1-5H3,(H,14,17)/t9-/m0/s1. The molecule has 0 heterocycles. The van der Waals surface area contributed by atoms with E-state index in [9.17, 15) is 14.4 Å². The molecule has 0 spiro atoms. The number of nitrogens with one attached hydrogen (secondary N) is 1. The molecule has 1 amide bonds. The Hall–Kier alpha value is -1.59. The van der Waals surface area contributed by atoms with Crippen molar-refractivity contribution in [3.8, 4) is 0 Å². The number of amides is 1. The first-order valence-corrected chi connectivity index (χ1v) is 6.31. The molecule has 0 bridgehead atoms. The van der Waals surface area contributed by atoms with Crippen LogP contribution < -0.4 is 5.32 Å². The second kappa shape index (κ2) is 7.76. The molecule has 0 radical (unpaired) electrons. The van der Waals surface area contributed by atoms with Gasteiger partial charge in [-0.2, -0.15) is 0 Å². The van der Waals surface area contributed by atoms with Crippen LogP contribution in [0, 0.1) is 0 Å². The Morgan fingerprint density at radius 2 is 1.79 bits per heavy atom. The summed E-state index contributed by atoms with van der Waals surface area (Å²) in [5.74, 6) is -0.820. The smallest absolute Gasteiger partial charge is 0.407 e. The molecule has 0 fully saturated rings. The van der Waals surface area contributed by atoms with Crippen LogP contribution in [0.1, 0.15) is 47.5 Å². The van der Waals surface area contributed by atoms with Crippen molar-refractivity contribution in [3.05, 3.63) is 0 Å². The van der Waals surface area contributed by atoms with Crippen LogP contribution in [0.4, 0.5) is 4.79 Å². The predicted molar refractivity (Wildman–Crippen MR) is 69.7 cm³/mol. The van der Waals surface area contributed by atoms with E-state index in [4.69, 9.17) is 4.74 Å². The van der Waals surface area contributed by atoms with Crippen LogP contribution in [0.3, 0.4) is 0 Å². The second-order valence-electron chi connectivity index (χ2n) is 5.27.